The van der Waals surface area contributed by atoms with Crippen molar-refractivity contribution < 1.29 is 9.53 Å². The predicted octanol–water partition coefficient (Wildman–Crippen LogP) is 2.35. The van der Waals surface area contributed by atoms with Gasteiger partial charge in [0.15, 0.2) is 0 Å². The lowest BCUT2D eigenvalue weighted by atomic mass is 9.95. The molecule has 1 aromatic carbocycles. The molecule has 1 unspecified atom stereocenters. The van der Waals surface area contributed by atoms with Crippen molar-refractivity contribution in [2.24, 2.45) is 11.7 Å². The van der Waals surface area contributed by atoms with Crippen molar-refractivity contribution in [2.45, 2.75) is 19.3 Å². The van der Waals surface area contributed by atoms with Crippen LogP contribution in [0.2, 0.25) is 5.02 Å². The normalized spacial score (nSPS) is 19.0. The van der Waals surface area contributed by atoms with Gasteiger partial charge < -0.3 is 15.8 Å². The van der Waals surface area contributed by atoms with Crippen LogP contribution in [0.3, 0.4) is 0 Å². The minimum Gasteiger partial charge on any atom is -0.495 e. The van der Waals surface area contributed by atoms with Crippen molar-refractivity contribution >= 4 is 23.2 Å². The third kappa shape index (κ3) is 4.87. The van der Waals surface area contributed by atoms with Gasteiger partial charge in [0.2, 0.25) is 5.91 Å². The number of methoxy groups -OCH3 is 1. The monoisotopic (exact) mass is 325 g/mol. The summed E-state index contributed by atoms with van der Waals surface area (Å²) >= 11 is 6.06. The van der Waals surface area contributed by atoms with Crippen molar-refractivity contribution in [3.8, 4) is 5.75 Å². The lowest BCUT2D eigenvalue weighted by molar-refractivity contribution is -0.117. The summed E-state index contributed by atoms with van der Waals surface area (Å²) in [6.45, 7) is 3.05. The lowest BCUT2D eigenvalue weighted by Crippen LogP contribution is -2.40. The number of likely N-dealkylation sites (tertiary alicyclic amines) is 1. The Morgan fingerprint density at radius 2 is 2.36 bits per heavy atom. The molecular formula is C16H24ClN3O2. The van der Waals surface area contributed by atoms with Crippen LogP contribution in [-0.2, 0) is 4.79 Å². The molecule has 0 aliphatic carbocycles. The number of amides is 1. The highest BCUT2D eigenvalue weighted by molar-refractivity contribution is 6.32. The van der Waals surface area contributed by atoms with E-state index in [2.05, 4.69) is 10.2 Å². The van der Waals surface area contributed by atoms with Gasteiger partial charge in [-0.05, 0) is 56.5 Å². The minimum absolute atomic E-state index is 0.0189. The number of halogens is 1. The van der Waals surface area contributed by atoms with E-state index in [0.29, 0.717) is 28.9 Å². The van der Waals surface area contributed by atoms with Gasteiger partial charge in [-0.15, -0.1) is 0 Å². The molecule has 0 radical (unpaired) electrons. The van der Waals surface area contributed by atoms with E-state index in [1.165, 1.54) is 6.42 Å². The second kappa shape index (κ2) is 8.36. The maximum Gasteiger partial charge on any atom is 0.238 e. The van der Waals surface area contributed by atoms with Gasteiger partial charge in [0, 0.05) is 12.2 Å². The standard InChI is InChI=1S/C16H24ClN3O2/c1-22-15-5-4-13(9-14(15)17)19-16(21)11-20-8-2-3-12(10-20)6-7-18/h4-5,9,12H,2-3,6-8,10-11,18H2,1H3,(H,19,21). The van der Waals surface area contributed by atoms with Crippen LogP contribution in [0.25, 0.3) is 0 Å². The Morgan fingerprint density at radius 1 is 1.55 bits per heavy atom. The largest absolute Gasteiger partial charge is 0.495 e. The molecule has 2 rings (SSSR count). The highest BCUT2D eigenvalue weighted by atomic mass is 35.5. The molecule has 1 amide bonds. The van der Waals surface area contributed by atoms with Crippen LogP contribution in [0.4, 0.5) is 5.69 Å². The second-order valence-corrected chi connectivity index (χ2v) is 6.13. The number of rotatable bonds is 6. The number of carbonyl (C=O) groups is 1. The van der Waals surface area contributed by atoms with Gasteiger partial charge in [0.05, 0.1) is 18.7 Å². The van der Waals surface area contributed by atoms with E-state index in [1.54, 1.807) is 25.3 Å². The van der Waals surface area contributed by atoms with Gasteiger partial charge in [0.1, 0.15) is 5.75 Å². The molecule has 1 aromatic rings. The number of nitrogens with one attached hydrogen (secondary N) is 1. The Bertz CT molecular complexity index is 508. The van der Waals surface area contributed by atoms with E-state index in [1.807, 2.05) is 0 Å². The van der Waals surface area contributed by atoms with E-state index < -0.39 is 0 Å². The fraction of sp³-hybridized carbons (Fsp3) is 0.562. The van der Waals surface area contributed by atoms with Crippen molar-refractivity contribution in [3.63, 3.8) is 0 Å². The molecule has 3 N–H and O–H groups in total. The summed E-state index contributed by atoms with van der Waals surface area (Å²) in [6.07, 6.45) is 3.38. The molecule has 122 valence electrons. The van der Waals surface area contributed by atoms with Gasteiger partial charge in [-0.25, -0.2) is 0 Å². The SMILES string of the molecule is COc1ccc(NC(=O)CN2CCCC(CCN)C2)cc1Cl. The number of piperidine rings is 1. The van der Waals surface area contributed by atoms with Crippen LogP contribution >= 0.6 is 11.6 Å². The first-order valence-corrected chi connectivity index (χ1v) is 8.06. The number of hydrogen-bond acceptors (Lipinski definition) is 4. The highest BCUT2D eigenvalue weighted by Gasteiger charge is 2.21. The van der Waals surface area contributed by atoms with Gasteiger partial charge in [-0.2, -0.15) is 0 Å². The molecule has 0 spiro atoms. The molecule has 1 heterocycles. The average Bonchev–Trinajstić information content (AvgIpc) is 2.48. The fourth-order valence-corrected chi connectivity index (χ4v) is 3.17. The Morgan fingerprint density at radius 3 is 3.05 bits per heavy atom. The summed E-state index contributed by atoms with van der Waals surface area (Å²) in [5.74, 6) is 1.19. The summed E-state index contributed by atoms with van der Waals surface area (Å²) < 4.78 is 5.10. The molecule has 1 saturated heterocycles. The maximum absolute atomic E-state index is 12.2. The molecule has 0 bridgehead atoms. The molecule has 6 heteroatoms. The quantitative estimate of drug-likeness (QED) is 0.842. The van der Waals surface area contributed by atoms with Crippen molar-refractivity contribution in [3.05, 3.63) is 23.2 Å². The molecule has 0 saturated carbocycles. The maximum atomic E-state index is 12.2. The Labute approximate surface area is 136 Å². The zero-order valence-corrected chi connectivity index (χ0v) is 13.7. The first kappa shape index (κ1) is 17.1. The number of anilines is 1. The van der Waals surface area contributed by atoms with Crippen LogP contribution in [0, 0.1) is 5.92 Å². The van der Waals surface area contributed by atoms with Crippen LogP contribution in [0.1, 0.15) is 19.3 Å². The molecule has 1 aliphatic heterocycles. The highest BCUT2D eigenvalue weighted by Crippen LogP contribution is 2.27. The molecule has 1 aliphatic rings. The van der Waals surface area contributed by atoms with Crippen LogP contribution in [0.15, 0.2) is 18.2 Å². The Kier molecular flexibility index (Phi) is 6.49. The average molecular weight is 326 g/mol. The van der Waals surface area contributed by atoms with Gasteiger partial charge in [-0.1, -0.05) is 11.6 Å². The summed E-state index contributed by atoms with van der Waals surface area (Å²) in [6, 6.07) is 5.23. The number of benzene rings is 1. The minimum atomic E-state index is -0.0189. The van der Waals surface area contributed by atoms with Crippen LogP contribution < -0.4 is 15.8 Å². The van der Waals surface area contributed by atoms with Gasteiger partial charge >= 0.3 is 0 Å². The van der Waals surface area contributed by atoms with Crippen molar-refractivity contribution in [1.82, 2.24) is 4.90 Å². The number of ether oxygens (including phenoxy) is 1. The number of hydrogen-bond donors (Lipinski definition) is 2. The number of nitrogens with zero attached hydrogens (tertiary/aromatic N) is 1. The fourth-order valence-electron chi connectivity index (χ4n) is 2.91. The van der Waals surface area contributed by atoms with E-state index >= 15 is 0 Å². The zero-order valence-electron chi connectivity index (χ0n) is 13.0. The first-order valence-electron chi connectivity index (χ1n) is 7.68. The number of carbonyl (C=O) groups excluding carboxylic acids is 1. The summed E-state index contributed by atoms with van der Waals surface area (Å²) in [4.78, 5) is 14.4. The molecule has 1 fully saturated rings. The second-order valence-electron chi connectivity index (χ2n) is 5.72. The van der Waals surface area contributed by atoms with Gasteiger partial charge in [-0.3, -0.25) is 9.69 Å². The summed E-state index contributed by atoms with van der Waals surface area (Å²) in [5.41, 5.74) is 6.31. The van der Waals surface area contributed by atoms with Gasteiger partial charge in [0.25, 0.3) is 0 Å². The lowest BCUT2D eigenvalue weighted by Gasteiger charge is -2.32. The molecule has 0 aromatic heterocycles. The topological polar surface area (TPSA) is 67.6 Å². The molecule has 22 heavy (non-hydrogen) atoms. The first-order chi connectivity index (χ1) is 10.6. The zero-order chi connectivity index (χ0) is 15.9. The molecule has 1 atom stereocenters. The third-order valence-corrected chi connectivity index (χ3v) is 4.28. The van der Waals surface area contributed by atoms with E-state index in [9.17, 15) is 4.79 Å². The van der Waals surface area contributed by atoms with Crippen LogP contribution in [0.5, 0.6) is 5.75 Å². The predicted molar refractivity (Wildman–Crippen MR) is 89.5 cm³/mol. The summed E-state index contributed by atoms with van der Waals surface area (Å²) in [7, 11) is 1.56. The Balaban J connectivity index is 1.86. The van der Waals surface area contributed by atoms with Crippen molar-refractivity contribution in [2.75, 3.05) is 38.6 Å². The molecular weight excluding hydrogens is 302 g/mol. The van der Waals surface area contributed by atoms with E-state index in [0.717, 1.165) is 32.5 Å². The van der Waals surface area contributed by atoms with E-state index in [4.69, 9.17) is 22.1 Å². The summed E-state index contributed by atoms with van der Waals surface area (Å²) in [5, 5.41) is 3.37. The smallest absolute Gasteiger partial charge is 0.238 e. The van der Waals surface area contributed by atoms with Crippen molar-refractivity contribution in [1.29, 1.82) is 0 Å². The van der Waals surface area contributed by atoms with E-state index in [-0.39, 0.29) is 5.91 Å². The molecule has 5 nitrogen and oxygen atoms in total. The van der Waals surface area contributed by atoms with Crippen LogP contribution in [-0.4, -0.2) is 44.1 Å². The Hall–Kier alpha value is -1.30. The number of nitrogens with two attached hydrogens (primary N) is 1. The third-order valence-electron chi connectivity index (χ3n) is 3.98.